The molecule has 2 rings (SSSR count). The van der Waals surface area contributed by atoms with Crippen LogP contribution < -0.4 is 0 Å². The maximum Gasteiger partial charge on any atom is 0.185 e. The van der Waals surface area contributed by atoms with E-state index in [9.17, 15) is 8.78 Å². The molecule has 0 saturated heterocycles. The van der Waals surface area contributed by atoms with Crippen molar-refractivity contribution in [3.05, 3.63) is 27.1 Å². The van der Waals surface area contributed by atoms with E-state index in [1.807, 2.05) is 0 Å². The standard InChI is InChI=1S/C9H7F2IN2/c1-4-13-6-3-5(12)7(10)8(11)9(6)14(4)2/h3H,1-2H3. The average molecular weight is 308 g/mol. The van der Waals surface area contributed by atoms with E-state index < -0.39 is 11.6 Å². The van der Waals surface area contributed by atoms with Gasteiger partial charge in [0.2, 0.25) is 0 Å². The van der Waals surface area contributed by atoms with E-state index in [1.165, 1.54) is 0 Å². The lowest BCUT2D eigenvalue weighted by Gasteiger charge is -2.00. The highest BCUT2D eigenvalue weighted by molar-refractivity contribution is 14.1. The fourth-order valence-corrected chi connectivity index (χ4v) is 1.92. The minimum atomic E-state index is -0.824. The Bertz CT molecular complexity index is 519. The molecule has 0 bridgehead atoms. The third-order valence-corrected chi connectivity index (χ3v) is 3.00. The first-order valence-corrected chi connectivity index (χ1v) is 5.06. The molecular formula is C9H7F2IN2. The van der Waals surface area contributed by atoms with Gasteiger partial charge in [-0.15, -0.1) is 0 Å². The molecule has 1 aromatic carbocycles. The zero-order valence-electron chi connectivity index (χ0n) is 7.61. The molecule has 0 spiro atoms. The van der Waals surface area contributed by atoms with Gasteiger partial charge in [-0.25, -0.2) is 13.8 Å². The van der Waals surface area contributed by atoms with Gasteiger partial charge in [0.15, 0.2) is 11.6 Å². The molecule has 0 saturated carbocycles. The van der Waals surface area contributed by atoms with E-state index in [0.29, 0.717) is 11.3 Å². The van der Waals surface area contributed by atoms with Crippen LogP contribution in [0, 0.1) is 22.1 Å². The molecule has 0 amide bonds. The minimum Gasteiger partial charge on any atom is -0.329 e. The van der Waals surface area contributed by atoms with Crippen molar-refractivity contribution in [3.63, 3.8) is 0 Å². The van der Waals surface area contributed by atoms with Crippen LogP contribution in [0.3, 0.4) is 0 Å². The molecular weight excluding hydrogens is 301 g/mol. The molecule has 14 heavy (non-hydrogen) atoms. The summed E-state index contributed by atoms with van der Waals surface area (Å²) in [6.45, 7) is 1.75. The monoisotopic (exact) mass is 308 g/mol. The van der Waals surface area contributed by atoms with Crippen LogP contribution in [0.25, 0.3) is 11.0 Å². The molecule has 0 aliphatic heterocycles. The van der Waals surface area contributed by atoms with E-state index in [2.05, 4.69) is 4.98 Å². The first-order chi connectivity index (χ1) is 6.52. The van der Waals surface area contributed by atoms with Gasteiger partial charge in [0.05, 0.1) is 9.09 Å². The third-order valence-electron chi connectivity index (χ3n) is 2.22. The van der Waals surface area contributed by atoms with Crippen LogP contribution in [0.4, 0.5) is 8.78 Å². The van der Waals surface area contributed by atoms with Crippen molar-refractivity contribution in [2.24, 2.45) is 7.05 Å². The van der Waals surface area contributed by atoms with Crippen LogP contribution >= 0.6 is 22.6 Å². The Kier molecular flexibility index (Phi) is 2.21. The fourth-order valence-electron chi connectivity index (χ4n) is 1.39. The Hall–Kier alpha value is -0.720. The van der Waals surface area contributed by atoms with Gasteiger partial charge in [0.1, 0.15) is 11.3 Å². The number of hydrogen-bond acceptors (Lipinski definition) is 1. The Morgan fingerprint density at radius 3 is 2.64 bits per heavy atom. The number of nitrogens with zero attached hydrogens (tertiary/aromatic N) is 2. The first kappa shape index (κ1) is 9.82. The maximum absolute atomic E-state index is 13.5. The van der Waals surface area contributed by atoms with E-state index in [-0.39, 0.29) is 9.09 Å². The number of benzene rings is 1. The quantitative estimate of drug-likeness (QED) is 0.540. The minimum absolute atomic E-state index is 0.223. The summed E-state index contributed by atoms with van der Waals surface area (Å²) in [5.74, 6) is -0.962. The van der Waals surface area contributed by atoms with Crippen molar-refractivity contribution < 1.29 is 8.78 Å². The lowest BCUT2D eigenvalue weighted by atomic mass is 10.3. The van der Waals surface area contributed by atoms with Crippen LogP contribution in [-0.2, 0) is 7.05 Å². The molecule has 0 atom stereocenters. The van der Waals surface area contributed by atoms with Crippen LogP contribution in [0.5, 0.6) is 0 Å². The summed E-state index contributed by atoms with van der Waals surface area (Å²) in [6, 6.07) is 1.54. The summed E-state index contributed by atoms with van der Waals surface area (Å²) in [4.78, 5) is 4.13. The molecule has 0 unspecified atom stereocenters. The number of rotatable bonds is 0. The molecule has 2 aromatic rings. The summed E-state index contributed by atoms with van der Waals surface area (Å²) in [5.41, 5.74) is 0.716. The van der Waals surface area contributed by atoms with Gasteiger partial charge in [0, 0.05) is 7.05 Å². The summed E-state index contributed by atoms with van der Waals surface area (Å²) in [5, 5.41) is 0. The van der Waals surface area contributed by atoms with Gasteiger partial charge in [0.25, 0.3) is 0 Å². The highest BCUT2D eigenvalue weighted by atomic mass is 127. The van der Waals surface area contributed by atoms with Crippen LogP contribution in [0.2, 0.25) is 0 Å². The smallest absolute Gasteiger partial charge is 0.185 e. The SMILES string of the molecule is Cc1nc2cc(I)c(F)c(F)c2n1C. The second kappa shape index (κ2) is 3.15. The summed E-state index contributed by atoms with van der Waals surface area (Å²) in [6.07, 6.45) is 0. The Morgan fingerprint density at radius 2 is 2.00 bits per heavy atom. The normalized spacial score (nSPS) is 11.2. The van der Waals surface area contributed by atoms with Crippen molar-refractivity contribution in [2.45, 2.75) is 6.92 Å². The van der Waals surface area contributed by atoms with Crippen molar-refractivity contribution in [1.82, 2.24) is 9.55 Å². The van der Waals surface area contributed by atoms with Crippen molar-refractivity contribution in [2.75, 3.05) is 0 Å². The summed E-state index contributed by atoms with van der Waals surface area (Å²) in [7, 11) is 1.67. The number of aryl methyl sites for hydroxylation is 2. The topological polar surface area (TPSA) is 17.8 Å². The summed E-state index contributed by atoms with van der Waals surface area (Å²) >= 11 is 1.75. The lowest BCUT2D eigenvalue weighted by Crippen LogP contribution is -1.96. The summed E-state index contributed by atoms with van der Waals surface area (Å²) < 4.78 is 28.5. The largest absolute Gasteiger partial charge is 0.329 e. The van der Waals surface area contributed by atoms with E-state index in [0.717, 1.165) is 0 Å². The van der Waals surface area contributed by atoms with Gasteiger partial charge >= 0.3 is 0 Å². The molecule has 0 fully saturated rings. The van der Waals surface area contributed by atoms with Gasteiger partial charge < -0.3 is 4.57 Å². The highest BCUT2D eigenvalue weighted by Crippen LogP contribution is 2.24. The van der Waals surface area contributed by atoms with Gasteiger partial charge in [-0.05, 0) is 35.6 Å². The van der Waals surface area contributed by atoms with E-state index in [4.69, 9.17) is 0 Å². The number of hydrogen-bond donors (Lipinski definition) is 0. The van der Waals surface area contributed by atoms with Crippen LogP contribution in [-0.4, -0.2) is 9.55 Å². The second-order valence-electron chi connectivity index (χ2n) is 3.07. The number of halogens is 3. The Labute approximate surface area is 93.1 Å². The Balaban J connectivity index is 2.99. The fraction of sp³-hybridized carbons (Fsp3) is 0.222. The molecule has 1 heterocycles. The number of fused-ring (bicyclic) bond motifs is 1. The molecule has 74 valence electrons. The molecule has 0 aliphatic rings. The number of imidazole rings is 1. The van der Waals surface area contributed by atoms with Crippen molar-refractivity contribution in [1.29, 1.82) is 0 Å². The Morgan fingerprint density at radius 1 is 1.36 bits per heavy atom. The van der Waals surface area contributed by atoms with E-state index >= 15 is 0 Å². The van der Waals surface area contributed by atoms with Crippen LogP contribution in [0.15, 0.2) is 6.07 Å². The average Bonchev–Trinajstić information content (AvgIpc) is 2.39. The highest BCUT2D eigenvalue weighted by Gasteiger charge is 2.16. The zero-order chi connectivity index (χ0) is 10.5. The maximum atomic E-state index is 13.5. The predicted molar refractivity (Wildman–Crippen MR) is 58.1 cm³/mol. The van der Waals surface area contributed by atoms with Gasteiger partial charge in [-0.1, -0.05) is 0 Å². The van der Waals surface area contributed by atoms with Crippen molar-refractivity contribution in [3.8, 4) is 0 Å². The third kappa shape index (κ3) is 1.22. The van der Waals surface area contributed by atoms with Gasteiger partial charge in [-0.2, -0.15) is 0 Å². The molecule has 0 aliphatic carbocycles. The molecule has 5 heteroatoms. The molecule has 1 aromatic heterocycles. The lowest BCUT2D eigenvalue weighted by molar-refractivity contribution is 0.508. The predicted octanol–water partition coefficient (Wildman–Crippen LogP) is 2.76. The first-order valence-electron chi connectivity index (χ1n) is 3.99. The van der Waals surface area contributed by atoms with E-state index in [1.54, 1.807) is 47.2 Å². The zero-order valence-corrected chi connectivity index (χ0v) is 9.76. The molecule has 2 nitrogen and oxygen atoms in total. The molecule has 0 N–H and O–H groups in total. The van der Waals surface area contributed by atoms with Crippen molar-refractivity contribution >= 4 is 33.6 Å². The van der Waals surface area contributed by atoms with Gasteiger partial charge in [-0.3, -0.25) is 0 Å². The van der Waals surface area contributed by atoms with Crippen LogP contribution in [0.1, 0.15) is 5.82 Å². The molecule has 0 radical (unpaired) electrons. The number of aromatic nitrogens is 2. The second-order valence-corrected chi connectivity index (χ2v) is 4.23.